The third-order valence-corrected chi connectivity index (χ3v) is 5.36. The van der Waals surface area contributed by atoms with Gasteiger partial charge in [-0.05, 0) is 0 Å². The van der Waals surface area contributed by atoms with Crippen LogP contribution in [0.3, 0.4) is 0 Å². The van der Waals surface area contributed by atoms with Crippen molar-refractivity contribution in [3.8, 4) is 5.88 Å². The fraction of sp³-hybridized carbons (Fsp3) is 0.571. The molecule has 1 amide bonds. The van der Waals surface area contributed by atoms with Crippen molar-refractivity contribution in [1.29, 1.82) is 0 Å². The molecule has 0 N–H and O–H groups in total. The third-order valence-electron chi connectivity index (χ3n) is 5.36. The Hall–Kier alpha value is -2.61. The van der Waals surface area contributed by atoms with Crippen LogP contribution in [0.25, 0.3) is 0 Å². The van der Waals surface area contributed by atoms with Crippen molar-refractivity contribution in [3.05, 3.63) is 41.4 Å². The molecule has 2 aromatic heterocycles. The van der Waals surface area contributed by atoms with E-state index < -0.39 is 0 Å². The number of hydrogen-bond donors (Lipinski definition) is 0. The minimum atomic E-state index is -0.0771. The van der Waals surface area contributed by atoms with Crippen molar-refractivity contribution >= 4 is 5.91 Å². The second-order valence-corrected chi connectivity index (χ2v) is 7.78. The van der Waals surface area contributed by atoms with E-state index in [2.05, 4.69) is 23.8 Å². The molecular formula is C21H27N5O3. The zero-order chi connectivity index (χ0) is 20.2. The predicted molar refractivity (Wildman–Crippen MR) is 106 cm³/mol. The van der Waals surface area contributed by atoms with Crippen LogP contribution >= 0.6 is 0 Å². The van der Waals surface area contributed by atoms with Crippen LogP contribution in [-0.2, 0) is 17.6 Å². The first kappa shape index (κ1) is 19.7. The molecule has 2 aliphatic rings. The maximum absolute atomic E-state index is 12.6. The van der Waals surface area contributed by atoms with E-state index >= 15 is 0 Å². The predicted octanol–water partition coefficient (Wildman–Crippen LogP) is 2.19. The summed E-state index contributed by atoms with van der Waals surface area (Å²) in [5, 5.41) is 0. The molecule has 1 fully saturated rings. The smallest absolute Gasteiger partial charge is 0.274 e. The Labute approximate surface area is 170 Å². The molecule has 8 heteroatoms. The average Bonchev–Trinajstić information content (AvgIpc) is 3.00. The summed E-state index contributed by atoms with van der Waals surface area (Å²) in [6.45, 7) is 6.80. The number of amides is 1. The van der Waals surface area contributed by atoms with E-state index in [-0.39, 0.29) is 17.9 Å². The first-order valence-corrected chi connectivity index (χ1v) is 10.3. The van der Waals surface area contributed by atoms with Crippen molar-refractivity contribution in [2.24, 2.45) is 0 Å². The number of likely N-dealkylation sites (tertiary alicyclic amines) is 1. The second-order valence-electron chi connectivity index (χ2n) is 7.78. The number of nitrogens with zero attached hydrogens (tertiary/aromatic N) is 5. The van der Waals surface area contributed by atoms with Crippen molar-refractivity contribution in [1.82, 2.24) is 24.8 Å². The molecule has 4 heterocycles. The molecule has 29 heavy (non-hydrogen) atoms. The molecule has 4 rings (SSSR count). The number of piperidine rings is 1. The van der Waals surface area contributed by atoms with Crippen LogP contribution in [0.2, 0.25) is 0 Å². The Kier molecular flexibility index (Phi) is 5.99. The summed E-state index contributed by atoms with van der Waals surface area (Å²) in [6, 6.07) is 0. The lowest BCUT2D eigenvalue weighted by Crippen LogP contribution is -2.42. The van der Waals surface area contributed by atoms with Gasteiger partial charge in [0.05, 0.1) is 25.1 Å². The van der Waals surface area contributed by atoms with Crippen LogP contribution in [-0.4, -0.2) is 63.2 Å². The Morgan fingerprint density at radius 2 is 1.97 bits per heavy atom. The largest absolute Gasteiger partial charge is 0.474 e. The van der Waals surface area contributed by atoms with Gasteiger partial charge in [0, 0.05) is 62.6 Å². The summed E-state index contributed by atoms with van der Waals surface area (Å²) < 4.78 is 12.0. The van der Waals surface area contributed by atoms with E-state index in [9.17, 15) is 4.79 Å². The van der Waals surface area contributed by atoms with Crippen molar-refractivity contribution in [2.45, 2.75) is 51.6 Å². The van der Waals surface area contributed by atoms with Crippen molar-refractivity contribution in [2.75, 3.05) is 26.3 Å². The molecule has 0 saturated carbocycles. The molecule has 0 aliphatic carbocycles. The van der Waals surface area contributed by atoms with E-state index in [1.54, 1.807) is 12.4 Å². The van der Waals surface area contributed by atoms with Crippen molar-refractivity contribution < 1.29 is 14.3 Å². The lowest BCUT2D eigenvalue weighted by molar-refractivity contribution is 0.0578. The lowest BCUT2D eigenvalue weighted by atomic mass is 10.1. The van der Waals surface area contributed by atoms with Gasteiger partial charge in [-0.2, -0.15) is 4.98 Å². The molecule has 0 radical (unpaired) electrons. The van der Waals surface area contributed by atoms with Crippen molar-refractivity contribution in [3.63, 3.8) is 0 Å². The number of hydrogen-bond acceptors (Lipinski definition) is 7. The quantitative estimate of drug-likeness (QED) is 0.781. The Morgan fingerprint density at radius 1 is 1.17 bits per heavy atom. The maximum Gasteiger partial charge on any atom is 0.274 e. The fourth-order valence-corrected chi connectivity index (χ4v) is 3.69. The zero-order valence-corrected chi connectivity index (χ0v) is 17.0. The number of rotatable bonds is 4. The van der Waals surface area contributed by atoms with Gasteiger partial charge >= 0.3 is 0 Å². The van der Waals surface area contributed by atoms with Gasteiger partial charge in [0.1, 0.15) is 17.6 Å². The van der Waals surface area contributed by atoms with Gasteiger partial charge in [0.2, 0.25) is 5.88 Å². The number of fused-ring (bicyclic) bond motifs is 1. The highest BCUT2D eigenvalue weighted by atomic mass is 16.5. The summed E-state index contributed by atoms with van der Waals surface area (Å²) >= 11 is 0. The normalized spacial score (nSPS) is 17.7. The van der Waals surface area contributed by atoms with Gasteiger partial charge in [0.25, 0.3) is 5.91 Å². The van der Waals surface area contributed by atoms with Crippen LogP contribution in [0.5, 0.6) is 5.88 Å². The molecule has 2 aliphatic heterocycles. The molecule has 0 bridgehead atoms. The van der Waals surface area contributed by atoms with Gasteiger partial charge in [-0.3, -0.25) is 9.78 Å². The first-order valence-electron chi connectivity index (χ1n) is 10.3. The Morgan fingerprint density at radius 3 is 2.69 bits per heavy atom. The van der Waals surface area contributed by atoms with E-state index in [1.807, 2.05) is 4.90 Å². The fourth-order valence-electron chi connectivity index (χ4n) is 3.69. The zero-order valence-electron chi connectivity index (χ0n) is 17.0. The number of aromatic nitrogens is 4. The molecule has 8 nitrogen and oxygen atoms in total. The summed E-state index contributed by atoms with van der Waals surface area (Å²) in [7, 11) is 0. The second kappa shape index (κ2) is 8.82. The highest BCUT2D eigenvalue weighted by Crippen LogP contribution is 2.28. The van der Waals surface area contributed by atoms with Crippen LogP contribution < -0.4 is 4.74 Å². The van der Waals surface area contributed by atoms with Crippen LogP contribution in [0.4, 0.5) is 0 Å². The number of ether oxygens (including phenoxy) is 2. The van der Waals surface area contributed by atoms with Crippen LogP contribution in [0.1, 0.15) is 60.2 Å². The van der Waals surface area contributed by atoms with Crippen LogP contribution in [0.15, 0.2) is 18.6 Å². The number of carbonyl (C=O) groups is 1. The minimum absolute atomic E-state index is 0.0316. The standard InChI is InChI=1S/C21H27N5O3/c1-14(2)19-24-17-6-12-28-11-5-16(17)20(25-19)29-15-3-9-26(10-4-15)21(27)18-13-22-7-8-23-18/h7-8,13-15H,3-6,9-12H2,1-2H3. The highest BCUT2D eigenvalue weighted by molar-refractivity contribution is 5.92. The van der Waals surface area contributed by atoms with Crippen LogP contribution in [0, 0.1) is 0 Å². The monoisotopic (exact) mass is 397 g/mol. The molecule has 0 aromatic carbocycles. The summed E-state index contributed by atoms with van der Waals surface area (Å²) in [5.74, 6) is 1.67. The molecule has 1 saturated heterocycles. The molecule has 2 aromatic rings. The summed E-state index contributed by atoms with van der Waals surface area (Å²) in [5.41, 5.74) is 2.51. The topological polar surface area (TPSA) is 90.3 Å². The van der Waals surface area contributed by atoms with E-state index in [0.29, 0.717) is 37.9 Å². The minimum Gasteiger partial charge on any atom is -0.474 e. The molecule has 154 valence electrons. The summed E-state index contributed by atoms with van der Waals surface area (Å²) in [6.07, 6.45) is 7.74. The van der Waals surface area contributed by atoms with E-state index in [0.717, 1.165) is 42.8 Å². The Bertz CT molecular complexity index is 851. The first-order chi connectivity index (χ1) is 14.1. The molecule has 0 atom stereocenters. The molecule has 0 spiro atoms. The van der Waals surface area contributed by atoms with Gasteiger partial charge in [-0.15, -0.1) is 0 Å². The Balaban J connectivity index is 1.45. The maximum atomic E-state index is 12.6. The van der Waals surface area contributed by atoms with E-state index in [1.165, 1.54) is 6.20 Å². The van der Waals surface area contributed by atoms with Gasteiger partial charge < -0.3 is 14.4 Å². The average molecular weight is 397 g/mol. The highest BCUT2D eigenvalue weighted by Gasteiger charge is 2.27. The third kappa shape index (κ3) is 4.53. The van der Waals surface area contributed by atoms with Gasteiger partial charge in [-0.1, -0.05) is 13.8 Å². The van der Waals surface area contributed by atoms with Gasteiger partial charge in [0.15, 0.2) is 0 Å². The number of carbonyl (C=O) groups excluding carboxylic acids is 1. The summed E-state index contributed by atoms with van der Waals surface area (Å²) in [4.78, 5) is 32.0. The van der Waals surface area contributed by atoms with Gasteiger partial charge in [-0.25, -0.2) is 9.97 Å². The SMILES string of the molecule is CC(C)c1nc2c(c(OC3CCN(C(=O)c4cnccn4)CC3)n1)CCOCC2. The molecule has 0 unspecified atom stereocenters. The lowest BCUT2D eigenvalue weighted by Gasteiger charge is -2.32. The van der Waals surface area contributed by atoms with E-state index in [4.69, 9.17) is 19.4 Å². The molecular weight excluding hydrogens is 370 g/mol.